The highest BCUT2D eigenvalue weighted by Crippen LogP contribution is 2.49. The molecule has 0 radical (unpaired) electrons. The number of nitrogens with zero attached hydrogens (tertiary/aromatic N) is 1. The van der Waals surface area contributed by atoms with E-state index in [1.165, 1.54) is 11.3 Å². The van der Waals surface area contributed by atoms with Crippen LogP contribution in [0.4, 0.5) is 0 Å². The number of hydrogen-bond donors (Lipinski definition) is 2. The Hall–Kier alpha value is -1.62. The number of esters is 1. The number of hydrogen-bond acceptors (Lipinski definition) is 9. The fraction of sp³-hybridized carbons (Fsp3) is 0.679. The molecule has 38 heavy (non-hydrogen) atoms. The number of rotatable bonds is 4. The standard InChI is InChI=1S/C28H38ClNO7S/c1-5-7-19-25(33)16(2)35-11-10-27(4)23(37-27)13-21(20(29)12-18-15-38-17(3)30-18)36-24(32)14-22(31)28(26(19)34)8-6-9-28/h5,12,15-16,19,21-23,25,31,33H,1,6-11,13-14H2,2-4H3/t16-,19-,21+,22+,23+,25-,27-/m1/s1. The highest BCUT2D eigenvalue weighted by Gasteiger charge is 2.55. The molecule has 3 aliphatic rings. The lowest BCUT2D eigenvalue weighted by Crippen LogP contribution is -2.54. The number of carbonyl (C=O) groups is 2. The van der Waals surface area contributed by atoms with Gasteiger partial charge in [-0.2, -0.15) is 0 Å². The number of epoxide rings is 1. The number of aliphatic hydroxyl groups is 2. The van der Waals surface area contributed by atoms with Crippen LogP contribution in [0.1, 0.15) is 69.5 Å². The van der Waals surface area contributed by atoms with Gasteiger partial charge in [0.1, 0.15) is 11.9 Å². The number of aryl methyl sites for hydroxylation is 1. The van der Waals surface area contributed by atoms with Crippen molar-refractivity contribution >= 4 is 40.8 Å². The van der Waals surface area contributed by atoms with E-state index in [-0.39, 0.29) is 24.7 Å². The molecule has 2 aliphatic heterocycles. The van der Waals surface area contributed by atoms with Gasteiger partial charge < -0.3 is 24.4 Å². The SMILES string of the molecule is C=CC[C@H]1C(=O)C2(CCC2)[C@@H](O)CC(=O)O[C@H](C(Cl)=Cc2csc(C)n2)C[C@@H]2O[C@]2(C)CCO[C@H](C)[C@H]1O. The maximum atomic E-state index is 13.8. The predicted molar refractivity (Wildman–Crippen MR) is 145 cm³/mol. The van der Waals surface area contributed by atoms with Crippen LogP contribution in [0.2, 0.25) is 0 Å². The molecule has 210 valence electrons. The highest BCUT2D eigenvalue weighted by molar-refractivity contribution is 7.09. The third-order valence-corrected chi connectivity index (χ3v) is 9.48. The number of Topliss-reactive ketones (excluding diaryl/α,β-unsaturated/α-hetero) is 1. The molecule has 1 aliphatic carbocycles. The fourth-order valence-corrected chi connectivity index (χ4v) is 6.40. The number of aromatic nitrogens is 1. The van der Waals surface area contributed by atoms with Gasteiger partial charge in [0.25, 0.3) is 0 Å². The zero-order valence-corrected chi connectivity index (χ0v) is 23.8. The molecule has 2 saturated heterocycles. The van der Waals surface area contributed by atoms with Crippen molar-refractivity contribution in [2.24, 2.45) is 11.3 Å². The largest absolute Gasteiger partial charge is 0.456 e. The molecule has 1 aromatic heterocycles. The van der Waals surface area contributed by atoms with Crippen LogP contribution in [-0.4, -0.2) is 69.7 Å². The molecule has 3 heterocycles. The van der Waals surface area contributed by atoms with E-state index in [9.17, 15) is 19.8 Å². The number of ether oxygens (including phenoxy) is 3. The summed E-state index contributed by atoms with van der Waals surface area (Å²) in [6.07, 6.45) is 1.77. The second kappa shape index (κ2) is 11.9. The van der Waals surface area contributed by atoms with Gasteiger partial charge in [-0.15, -0.1) is 17.9 Å². The quantitative estimate of drug-likeness (QED) is 0.313. The van der Waals surface area contributed by atoms with Gasteiger partial charge in [0.2, 0.25) is 0 Å². The molecule has 2 N–H and O–H groups in total. The minimum absolute atomic E-state index is 0.214. The van der Waals surface area contributed by atoms with E-state index in [2.05, 4.69) is 11.6 Å². The molecule has 1 saturated carbocycles. The third kappa shape index (κ3) is 6.24. The number of fused-ring (bicyclic) bond motifs is 1. The molecule has 0 bridgehead atoms. The second-order valence-corrected chi connectivity index (χ2v) is 12.5. The summed E-state index contributed by atoms with van der Waals surface area (Å²) in [7, 11) is 0. The summed E-state index contributed by atoms with van der Waals surface area (Å²) >= 11 is 8.15. The summed E-state index contributed by atoms with van der Waals surface area (Å²) in [6, 6.07) is 0. The van der Waals surface area contributed by atoms with Crippen molar-refractivity contribution in [1.82, 2.24) is 4.98 Å². The van der Waals surface area contributed by atoms with Crippen molar-refractivity contribution in [2.75, 3.05) is 6.61 Å². The number of carbonyl (C=O) groups excluding carboxylic acids is 2. The number of ketones is 1. The van der Waals surface area contributed by atoms with Gasteiger partial charge in [0.15, 0.2) is 0 Å². The number of allylic oxidation sites excluding steroid dienone is 1. The molecule has 7 atom stereocenters. The van der Waals surface area contributed by atoms with Gasteiger partial charge in [0, 0.05) is 24.8 Å². The lowest BCUT2D eigenvalue weighted by atomic mass is 9.58. The lowest BCUT2D eigenvalue weighted by molar-refractivity contribution is -0.163. The molecular weight excluding hydrogens is 530 g/mol. The number of thiazole rings is 1. The normalized spacial score (nSPS) is 36.7. The van der Waals surface area contributed by atoms with Crippen LogP contribution in [0.25, 0.3) is 6.08 Å². The molecule has 0 amide bonds. The molecule has 8 nitrogen and oxygen atoms in total. The zero-order valence-electron chi connectivity index (χ0n) is 22.2. The van der Waals surface area contributed by atoms with Gasteiger partial charge in [-0.05, 0) is 46.1 Å². The second-order valence-electron chi connectivity index (χ2n) is 11.0. The fourth-order valence-electron chi connectivity index (χ4n) is 5.59. The van der Waals surface area contributed by atoms with Crippen molar-refractivity contribution in [3.63, 3.8) is 0 Å². The van der Waals surface area contributed by atoms with Gasteiger partial charge in [-0.3, -0.25) is 9.59 Å². The van der Waals surface area contributed by atoms with Crippen molar-refractivity contribution < 1.29 is 34.0 Å². The number of halogens is 1. The predicted octanol–water partition coefficient (Wildman–Crippen LogP) is 4.34. The molecule has 0 aromatic carbocycles. The van der Waals surface area contributed by atoms with E-state index in [0.29, 0.717) is 43.0 Å². The van der Waals surface area contributed by atoms with Gasteiger partial charge >= 0.3 is 5.97 Å². The summed E-state index contributed by atoms with van der Waals surface area (Å²) < 4.78 is 17.7. The maximum Gasteiger partial charge on any atom is 0.309 e. The molecule has 3 fully saturated rings. The van der Waals surface area contributed by atoms with Crippen LogP contribution in [0.3, 0.4) is 0 Å². The summed E-state index contributed by atoms with van der Waals surface area (Å²) in [6.45, 7) is 9.67. The smallest absolute Gasteiger partial charge is 0.309 e. The highest BCUT2D eigenvalue weighted by atomic mass is 35.5. The Balaban J connectivity index is 1.60. The van der Waals surface area contributed by atoms with Crippen molar-refractivity contribution in [3.8, 4) is 0 Å². The minimum Gasteiger partial charge on any atom is -0.456 e. The van der Waals surface area contributed by atoms with Crippen LogP contribution in [-0.2, 0) is 23.8 Å². The van der Waals surface area contributed by atoms with E-state index in [4.69, 9.17) is 25.8 Å². The number of aliphatic hydroxyl groups excluding tert-OH is 2. The van der Waals surface area contributed by atoms with E-state index in [1.54, 1.807) is 19.1 Å². The van der Waals surface area contributed by atoms with E-state index < -0.39 is 47.3 Å². The Kier molecular flexibility index (Phi) is 9.17. The Morgan fingerprint density at radius 3 is 2.66 bits per heavy atom. The molecule has 10 heteroatoms. The third-order valence-electron chi connectivity index (χ3n) is 8.33. The van der Waals surface area contributed by atoms with Crippen LogP contribution >= 0.6 is 22.9 Å². The first-order chi connectivity index (χ1) is 18.0. The summed E-state index contributed by atoms with van der Waals surface area (Å²) in [5.41, 5.74) is -0.934. The van der Waals surface area contributed by atoms with Crippen LogP contribution in [0.15, 0.2) is 23.1 Å². The first-order valence-corrected chi connectivity index (χ1v) is 14.5. The zero-order chi connectivity index (χ0) is 27.7. The van der Waals surface area contributed by atoms with Crippen LogP contribution < -0.4 is 0 Å². The molecule has 4 rings (SSSR count). The van der Waals surface area contributed by atoms with Crippen LogP contribution in [0.5, 0.6) is 0 Å². The average Bonchev–Trinajstić information content (AvgIpc) is 3.26. The molecular formula is C28H38ClNO7S. The van der Waals surface area contributed by atoms with E-state index in [0.717, 1.165) is 11.4 Å². The van der Waals surface area contributed by atoms with Crippen LogP contribution in [0, 0.1) is 18.3 Å². The Bertz CT molecular complexity index is 1070. The van der Waals surface area contributed by atoms with E-state index >= 15 is 0 Å². The minimum atomic E-state index is -1.24. The topological polar surface area (TPSA) is 118 Å². The van der Waals surface area contributed by atoms with Crippen molar-refractivity contribution in [3.05, 3.63) is 33.8 Å². The molecule has 1 aromatic rings. The monoisotopic (exact) mass is 567 g/mol. The van der Waals surface area contributed by atoms with E-state index in [1.807, 2.05) is 19.2 Å². The maximum absolute atomic E-state index is 13.8. The van der Waals surface area contributed by atoms with Gasteiger partial charge in [-0.1, -0.05) is 24.1 Å². The number of cyclic esters (lactones) is 1. The average molecular weight is 568 g/mol. The van der Waals surface area contributed by atoms with Crippen molar-refractivity contribution in [2.45, 2.75) is 102 Å². The first kappa shape index (κ1) is 29.4. The molecule has 1 spiro atoms. The molecule has 0 unspecified atom stereocenters. The summed E-state index contributed by atoms with van der Waals surface area (Å²) in [5, 5.41) is 25.3. The Morgan fingerprint density at radius 1 is 1.32 bits per heavy atom. The first-order valence-electron chi connectivity index (χ1n) is 13.3. The summed E-state index contributed by atoms with van der Waals surface area (Å²) in [5.74, 6) is -1.70. The van der Waals surface area contributed by atoms with Gasteiger partial charge in [0.05, 0.1) is 63.5 Å². The van der Waals surface area contributed by atoms with Crippen molar-refractivity contribution in [1.29, 1.82) is 0 Å². The summed E-state index contributed by atoms with van der Waals surface area (Å²) in [4.78, 5) is 31.3. The lowest BCUT2D eigenvalue weighted by Gasteiger charge is -2.46. The Morgan fingerprint density at radius 2 is 2.05 bits per heavy atom. The van der Waals surface area contributed by atoms with Gasteiger partial charge in [-0.25, -0.2) is 4.98 Å². The Labute approximate surface area is 233 Å².